The van der Waals surface area contributed by atoms with Crippen LogP contribution in [0.3, 0.4) is 0 Å². The van der Waals surface area contributed by atoms with E-state index in [2.05, 4.69) is 79.8 Å². The SMILES string of the molecule is CCC(C(=O)Nc1nnc(N[C@@H]2CCN(c3cccnn3)C2)s1)C1CCN(Cc2ccccc2OC(C)C)CC1. The third kappa shape index (κ3) is 7.25. The predicted molar refractivity (Wildman–Crippen MR) is 159 cm³/mol. The van der Waals surface area contributed by atoms with Crippen molar-refractivity contribution in [2.75, 3.05) is 41.7 Å². The highest BCUT2D eigenvalue weighted by molar-refractivity contribution is 7.19. The summed E-state index contributed by atoms with van der Waals surface area (Å²) < 4.78 is 6.01. The number of rotatable bonds is 11. The van der Waals surface area contributed by atoms with Gasteiger partial charge in [0.25, 0.3) is 0 Å². The summed E-state index contributed by atoms with van der Waals surface area (Å²) in [5, 5.41) is 24.5. The summed E-state index contributed by atoms with van der Waals surface area (Å²) in [5.74, 6) is 2.23. The number of likely N-dealkylation sites (tertiary alicyclic amines) is 1. The lowest BCUT2D eigenvalue weighted by atomic mass is 9.82. The largest absolute Gasteiger partial charge is 0.491 e. The fourth-order valence-electron chi connectivity index (χ4n) is 5.74. The average molecular weight is 565 g/mol. The van der Waals surface area contributed by atoms with E-state index >= 15 is 0 Å². The van der Waals surface area contributed by atoms with Crippen molar-refractivity contribution in [2.45, 2.75) is 65.1 Å². The van der Waals surface area contributed by atoms with Crippen LogP contribution in [0.2, 0.25) is 0 Å². The lowest BCUT2D eigenvalue weighted by molar-refractivity contribution is -0.122. The molecule has 4 heterocycles. The smallest absolute Gasteiger partial charge is 0.229 e. The normalized spacial score (nSPS) is 19.1. The Bertz CT molecular complexity index is 1230. The number of nitrogens with one attached hydrogen (secondary N) is 2. The molecule has 5 rings (SSSR count). The zero-order chi connectivity index (χ0) is 27.9. The molecule has 214 valence electrons. The Morgan fingerprint density at radius 2 is 1.85 bits per heavy atom. The van der Waals surface area contributed by atoms with Gasteiger partial charge < -0.3 is 20.3 Å². The van der Waals surface area contributed by atoms with E-state index in [0.29, 0.717) is 11.0 Å². The van der Waals surface area contributed by atoms with E-state index < -0.39 is 0 Å². The molecule has 0 aliphatic carbocycles. The lowest BCUT2D eigenvalue weighted by Gasteiger charge is -2.35. The number of carbonyl (C=O) groups excluding carboxylic acids is 1. The second-order valence-corrected chi connectivity index (χ2v) is 11.9. The van der Waals surface area contributed by atoms with Crippen molar-refractivity contribution in [2.24, 2.45) is 11.8 Å². The van der Waals surface area contributed by atoms with Crippen molar-refractivity contribution in [3.63, 3.8) is 0 Å². The number of hydrogen-bond donors (Lipinski definition) is 2. The van der Waals surface area contributed by atoms with Gasteiger partial charge >= 0.3 is 0 Å². The van der Waals surface area contributed by atoms with Crippen LogP contribution in [0.5, 0.6) is 5.75 Å². The first-order valence-corrected chi connectivity index (χ1v) is 15.2. The molecule has 1 unspecified atom stereocenters. The number of aromatic nitrogens is 4. The standard InChI is InChI=1S/C29H40N8O2S/c1-4-24(21-11-15-36(16-12-21)18-22-8-5-6-9-25(22)39-20(2)3)27(38)32-29-35-34-28(40-29)31-23-13-17-37(19-23)26-10-7-14-30-33-26/h5-10,14,20-21,23-24H,4,11-13,15-19H2,1-3H3,(H,31,34)(H,32,35,38)/t23-,24?/m1/s1. The first kappa shape index (κ1) is 28.2. The van der Waals surface area contributed by atoms with Gasteiger partial charge in [0.2, 0.25) is 16.2 Å². The molecule has 3 aromatic rings. The number of carbonyl (C=O) groups is 1. The average Bonchev–Trinajstić information content (AvgIpc) is 3.61. The molecule has 2 atom stereocenters. The van der Waals surface area contributed by atoms with E-state index in [1.54, 1.807) is 6.20 Å². The van der Waals surface area contributed by atoms with Crippen LogP contribution >= 0.6 is 11.3 Å². The Morgan fingerprint density at radius 1 is 1.05 bits per heavy atom. The number of benzene rings is 1. The molecule has 10 nitrogen and oxygen atoms in total. The molecule has 0 bridgehead atoms. The van der Waals surface area contributed by atoms with Crippen LogP contribution in [-0.2, 0) is 11.3 Å². The van der Waals surface area contributed by atoms with Gasteiger partial charge in [0.1, 0.15) is 5.75 Å². The number of amides is 1. The zero-order valence-corrected chi connectivity index (χ0v) is 24.4. The molecule has 11 heteroatoms. The molecule has 2 aromatic heterocycles. The maximum Gasteiger partial charge on any atom is 0.229 e. The number of ether oxygens (including phenoxy) is 1. The summed E-state index contributed by atoms with van der Waals surface area (Å²) in [6.45, 7) is 10.8. The highest BCUT2D eigenvalue weighted by Gasteiger charge is 2.31. The minimum absolute atomic E-state index is 0.0330. The van der Waals surface area contributed by atoms with E-state index in [-0.39, 0.29) is 24.0 Å². The van der Waals surface area contributed by atoms with Crippen LogP contribution in [0, 0.1) is 11.8 Å². The maximum atomic E-state index is 13.3. The van der Waals surface area contributed by atoms with Crippen molar-refractivity contribution >= 4 is 33.3 Å². The van der Waals surface area contributed by atoms with E-state index in [9.17, 15) is 4.79 Å². The van der Waals surface area contributed by atoms with Crippen molar-refractivity contribution in [3.8, 4) is 5.75 Å². The second kappa shape index (κ2) is 13.4. The zero-order valence-electron chi connectivity index (χ0n) is 23.6. The number of piperidine rings is 1. The Balaban J connectivity index is 1.09. The van der Waals surface area contributed by atoms with Gasteiger partial charge in [0.15, 0.2) is 5.82 Å². The minimum Gasteiger partial charge on any atom is -0.491 e. The quantitative estimate of drug-likeness (QED) is 0.343. The van der Waals surface area contributed by atoms with Crippen molar-refractivity contribution in [3.05, 3.63) is 48.2 Å². The Hall–Kier alpha value is -3.31. The van der Waals surface area contributed by atoms with Gasteiger partial charge in [-0.3, -0.25) is 9.69 Å². The van der Waals surface area contributed by atoms with E-state index in [1.165, 1.54) is 16.9 Å². The highest BCUT2D eigenvalue weighted by atomic mass is 32.1. The molecule has 1 aromatic carbocycles. The summed E-state index contributed by atoms with van der Waals surface area (Å²) in [6.07, 6.45) is 5.64. The Kier molecular flexibility index (Phi) is 9.43. The molecule has 2 fully saturated rings. The summed E-state index contributed by atoms with van der Waals surface area (Å²) >= 11 is 1.39. The Morgan fingerprint density at radius 3 is 2.60 bits per heavy atom. The van der Waals surface area contributed by atoms with Gasteiger partial charge in [-0.05, 0) is 76.7 Å². The first-order valence-electron chi connectivity index (χ1n) is 14.4. The molecule has 2 aliphatic rings. The third-order valence-corrected chi connectivity index (χ3v) is 8.53. The predicted octanol–water partition coefficient (Wildman–Crippen LogP) is 4.68. The molecule has 2 saturated heterocycles. The van der Waals surface area contributed by atoms with Crippen molar-refractivity contribution < 1.29 is 9.53 Å². The van der Waals surface area contributed by atoms with Crippen molar-refractivity contribution in [1.82, 2.24) is 25.3 Å². The first-order chi connectivity index (χ1) is 19.5. The number of para-hydroxylation sites is 1. The number of nitrogens with zero attached hydrogens (tertiary/aromatic N) is 6. The summed E-state index contributed by atoms with van der Waals surface area (Å²) in [5.41, 5.74) is 1.22. The Labute approximate surface area is 240 Å². The molecule has 2 N–H and O–H groups in total. The second-order valence-electron chi connectivity index (χ2n) is 11.0. The number of hydrogen-bond acceptors (Lipinski definition) is 10. The molecule has 1 amide bonds. The van der Waals surface area contributed by atoms with Crippen LogP contribution < -0.4 is 20.3 Å². The number of anilines is 3. The van der Waals surface area contributed by atoms with Gasteiger partial charge in [-0.15, -0.1) is 15.3 Å². The monoisotopic (exact) mass is 564 g/mol. The summed E-state index contributed by atoms with van der Waals surface area (Å²) in [6, 6.07) is 12.4. The maximum absolute atomic E-state index is 13.3. The van der Waals surface area contributed by atoms with Gasteiger partial charge in [-0.2, -0.15) is 5.10 Å². The minimum atomic E-state index is -0.0330. The van der Waals surface area contributed by atoms with E-state index in [1.807, 2.05) is 18.2 Å². The van der Waals surface area contributed by atoms with Crippen LogP contribution in [-0.4, -0.2) is 69.5 Å². The van der Waals surface area contributed by atoms with Gasteiger partial charge in [-0.1, -0.05) is 36.5 Å². The van der Waals surface area contributed by atoms with E-state index in [4.69, 9.17) is 4.74 Å². The van der Waals surface area contributed by atoms with Crippen LogP contribution in [0.15, 0.2) is 42.6 Å². The van der Waals surface area contributed by atoms with E-state index in [0.717, 1.165) is 75.1 Å². The highest BCUT2D eigenvalue weighted by Crippen LogP contribution is 2.31. The van der Waals surface area contributed by atoms with Gasteiger partial charge in [-0.25, -0.2) is 0 Å². The molecule has 0 saturated carbocycles. The fraction of sp³-hybridized carbons (Fsp3) is 0.552. The van der Waals surface area contributed by atoms with Crippen molar-refractivity contribution in [1.29, 1.82) is 0 Å². The molecule has 2 aliphatic heterocycles. The molecule has 0 spiro atoms. The third-order valence-electron chi connectivity index (χ3n) is 7.76. The molecular weight excluding hydrogens is 524 g/mol. The van der Waals surface area contributed by atoms with Crippen LogP contribution in [0.4, 0.5) is 16.1 Å². The fourth-order valence-corrected chi connectivity index (χ4v) is 6.47. The van der Waals surface area contributed by atoms with Gasteiger partial charge in [0, 0.05) is 43.4 Å². The van der Waals surface area contributed by atoms with Crippen LogP contribution in [0.25, 0.3) is 0 Å². The molecular formula is C29H40N8O2S. The van der Waals surface area contributed by atoms with Crippen LogP contribution in [0.1, 0.15) is 52.0 Å². The summed E-state index contributed by atoms with van der Waals surface area (Å²) in [4.78, 5) is 18.0. The summed E-state index contributed by atoms with van der Waals surface area (Å²) in [7, 11) is 0. The lowest BCUT2D eigenvalue weighted by Crippen LogP contribution is -2.39. The molecule has 0 radical (unpaired) electrons. The van der Waals surface area contributed by atoms with Gasteiger partial charge in [0.05, 0.1) is 6.10 Å². The topological polar surface area (TPSA) is 108 Å². The molecule has 40 heavy (non-hydrogen) atoms.